The van der Waals surface area contributed by atoms with Crippen LogP contribution in [0.25, 0.3) is 28.2 Å². The van der Waals surface area contributed by atoms with Crippen LogP contribution in [0.2, 0.25) is 0 Å². The minimum Gasteiger partial charge on any atom is -0.367 e. The van der Waals surface area contributed by atoms with Gasteiger partial charge in [-0.05, 0) is 67.6 Å². The summed E-state index contributed by atoms with van der Waals surface area (Å²) in [5, 5.41) is 1.61. The van der Waals surface area contributed by atoms with Crippen molar-refractivity contribution in [3.8, 4) is 11.3 Å². The number of anilines is 1. The molecular weight excluding hydrogens is 475 g/mol. The van der Waals surface area contributed by atoms with Crippen LogP contribution < -0.4 is 4.90 Å². The standard InChI is InChI=1S/C27H27FN6OS/c1-32-10-12-33(13-11-32)23-7-5-19(16-21(23)28)25-20-14-18(4-6-22(20)29-17-30-25)15-24-26(35)31-27(36-24)34-8-2-3-9-34/h4-7,14-17H,2-3,8-13H2,1H3/b24-15-. The Kier molecular flexibility index (Phi) is 6.18. The number of carbonyl (C=O) groups is 1. The van der Waals surface area contributed by atoms with Gasteiger partial charge in [-0.2, -0.15) is 4.99 Å². The molecule has 36 heavy (non-hydrogen) atoms. The first kappa shape index (κ1) is 23.1. The van der Waals surface area contributed by atoms with E-state index in [-0.39, 0.29) is 11.7 Å². The molecule has 1 amide bonds. The van der Waals surface area contributed by atoms with Gasteiger partial charge in [0.05, 0.1) is 21.8 Å². The molecule has 0 unspecified atom stereocenters. The van der Waals surface area contributed by atoms with Gasteiger partial charge in [0.15, 0.2) is 5.17 Å². The van der Waals surface area contributed by atoms with Gasteiger partial charge in [-0.3, -0.25) is 4.79 Å². The smallest absolute Gasteiger partial charge is 0.286 e. The second kappa shape index (κ2) is 9.63. The number of aliphatic imine (C=N–C) groups is 1. The molecule has 3 aromatic rings. The molecule has 4 heterocycles. The van der Waals surface area contributed by atoms with Gasteiger partial charge in [0.1, 0.15) is 12.1 Å². The Bertz CT molecular complexity index is 1390. The van der Waals surface area contributed by atoms with E-state index in [9.17, 15) is 4.79 Å². The zero-order valence-corrected chi connectivity index (χ0v) is 21.0. The van der Waals surface area contributed by atoms with E-state index in [1.807, 2.05) is 36.4 Å². The molecule has 0 spiro atoms. The van der Waals surface area contributed by atoms with Crippen LogP contribution in [-0.4, -0.2) is 77.2 Å². The number of amides is 1. The van der Waals surface area contributed by atoms with Crippen molar-refractivity contribution in [3.63, 3.8) is 0 Å². The molecule has 3 aliphatic heterocycles. The van der Waals surface area contributed by atoms with E-state index in [0.29, 0.717) is 21.8 Å². The van der Waals surface area contributed by atoms with Crippen molar-refractivity contribution in [1.82, 2.24) is 19.8 Å². The number of rotatable bonds is 3. The molecule has 2 fully saturated rings. The minimum atomic E-state index is -0.248. The molecule has 1 aromatic heterocycles. The molecule has 0 atom stereocenters. The summed E-state index contributed by atoms with van der Waals surface area (Å²) in [7, 11) is 2.09. The minimum absolute atomic E-state index is 0.201. The molecule has 0 radical (unpaired) electrons. The topological polar surface area (TPSA) is 64.9 Å². The summed E-state index contributed by atoms with van der Waals surface area (Å²) < 4.78 is 15.2. The van der Waals surface area contributed by atoms with E-state index < -0.39 is 0 Å². The Labute approximate surface area is 213 Å². The fourth-order valence-electron chi connectivity index (χ4n) is 4.95. The number of amidine groups is 1. The van der Waals surface area contributed by atoms with Crippen LogP contribution in [0.15, 0.2) is 52.6 Å². The van der Waals surface area contributed by atoms with Crippen LogP contribution in [-0.2, 0) is 4.79 Å². The largest absolute Gasteiger partial charge is 0.367 e. The number of piperazine rings is 1. The highest BCUT2D eigenvalue weighted by molar-refractivity contribution is 8.18. The number of nitrogens with zero attached hydrogens (tertiary/aromatic N) is 6. The molecule has 0 aliphatic carbocycles. The Morgan fingerprint density at radius 1 is 0.944 bits per heavy atom. The molecule has 2 saturated heterocycles. The third-order valence-corrected chi connectivity index (χ3v) is 8.05. The van der Waals surface area contributed by atoms with Gasteiger partial charge in [0, 0.05) is 50.2 Å². The van der Waals surface area contributed by atoms with Crippen LogP contribution in [0.3, 0.4) is 0 Å². The zero-order valence-electron chi connectivity index (χ0n) is 20.2. The predicted octanol–water partition coefficient (Wildman–Crippen LogP) is 4.25. The van der Waals surface area contributed by atoms with E-state index in [2.05, 4.69) is 36.7 Å². The van der Waals surface area contributed by atoms with Gasteiger partial charge in [-0.1, -0.05) is 12.1 Å². The number of likely N-dealkylation sites (tertiary alicyclic amines) is 1. The lowest BCUT2D eigenvalue weighted by Gasteiger charge is -2.34. The fourth-order valence-corrected chi connectivity index (χ4v) is 5.91. The Balaban J connectivity index is 1.30. The molecular formula is C27H27FN6OS. The average molecular weight is 503 g/mol. The number of hydrogen-bond donors (Lipinski definition) is 0. The zero-order chi connectivity index (χ0) is 24.6. The van der Waals surface area contributed by atoms with E-state index >= 15 is 4.39 Å². The van der Waals surface area contributed by atoms with Crippen LogP contribution in [0, 0.1) is 5.82 Å². The summed E-state index contributed by atoms with van der Waals surface area (Å²) >= 11 is 1.43. The Hall–Kier alpha value is -3.30. The van der Waals surface area contributed by atoms with Crippen LogP contribution in [0.4, 0.5) is 10.1 Å². The number of benzene rings is 2. The first-order chi connectivity index (χ1) is 17.5. The maximum atomic E-state index is 15.2. The maximum Gasteiger partial charge on any atom is 0.286 e. The highest BCUT2D eigenvalue weighted by Gasteiger charge is 2.27. The maximum absolute atomic E-state index is 15.2. The molecule has 0 saturated carbocycles. The van der Waals surface area contributed by atoms with Gasteiger partial charge < -0.3 is 14.7 Å². The van der Waals surface area contributed by atoms with Gasteiger partial charge in [-0.15, -0.1) is 0 Å². The summed E-state index contributed by atoms with van der Waals surface area (Å²) in [5.41, 5.74) is 3.63. The normalized spacial score (nSPS) is 20.1. The van der Waals surface area contributed by atoms with E-state index in [4.69, 9.17) is 0 Å². The third kappa shape index (κ3) is 4.49. The summed E-state index contributed by atoms with van der Waals surface area (Å²) in [6.45, 7) is 5.35. The van der Waals surface area contributed by atoms with Crippen LogP contribution >= 0.6 is 11.8 Å². The van der Waals surface area contributed by atoms with Crippen molar-refractivity contribution in [1.29, 1.82) is 0 Å². The van der Waals surface area contributed by atoms with Gasteiger partial charge in [-0.25, -0.2) is 14.4 Å². The van der Waals surface area contributed by atoms with Crippen molar-refractivity contribution >= 4 is 45.5 Å². The molecule has 3 aliphatic rings. The molecule has 0 bridgehead atoms. The fraction of sp³-hybridized carbons (Fsp3) is 0.333. The second-order valence-corrected chi connectivity index (χ2v) is 10.5. The highest BCUT2D eigenvalue weighted by Crippen LogP contribution is 2.34. The molecule has 9 heteroatoms. The monoisotopic (exact) mass is 502 g/mol. The first-order valence-electron chi connectivity index (χ1n) is 12.3. The lowest BCUT2D eigenvalue weighted by atomic mass is 10.0. The summed E-state index contributed by atoms with van der Waals surface area (Å²) in [4.78, 5) is 32.8. The number of hydrogen-bond acceptors (Lipinski definition) is 7. The van der Waals surface area contributed by atoms with E-state index in [1.165, 1.54) is 18.1 Å². The van der Waals surface area contributed by atoms with Crippen molar-refractivity contribution in [2.75, 3.05) is 51.2 Å². The summed E-state index contributed by atoms with van der Waals surface area (Å²) in [6.07, 6.45) is 5.65. The number of fused-ring (bicyclic) bond motifs is 1. The van der Waals surface area contributed by atoms with Crippen molar-refractivity contribution in [3.05, 3.63) is 59.0 Å². The van der Waals surface area contributed by atoms with Gasteiger partial charge >= 0.3 is 0 Å². The quantitative estimate of drug-likeness (QED) is 0.496. The second-order valence-electron chi connectivity index (χ2n) is 9.46. The van der Waals surface area contributed by atoms with Gasteiger partial charge in [0.25, 0.3) is 5.91 Å². The van der Waals surface area contributed by atoms with Crippen LogP contribution in [0.1, 0.15) is 18.4 Å². The van der Waals surface area contributed by atoms with Crippen LogP contribution in [0.5, 0.6) is 0 Å². The van der Waals surface area contributed by atoms with Crippen molar-refractivity contribution in [2.24, 2.45) is 4.99 Å². The number of likely N-dealkylation sites (N-methyl/N-ethyl adjacent to an activating group) is 1. The molecule has 6 rings (SSSR count). The van der Waals surface area contributed by atoms with Gasteiger partial charge in [0.2, 0.25) is 0 Å². The number of thioether (sulfide) groups is 1. The average Bonchev–Trinajstić information content (AvgIpc) is 3.55. The van der Waals surface area contributed by atoms with E-state index in [0.717, 1.165) is 73.7 Å². The summed E-state index contributed by atoms with van der Waals surface area (Å²) in [6, 6.07) is 11.1. The number of aromatic nitrogens is 2. The first-order valence-corrected chi connectivity index (χ1v) is 13.1. The highest BCUT2D eigenvalue weighted by atomic mass is 32.2. The molecule has 2 aromatic carbocycles. The third-order valence-electron chi connectivity index (χ3n) is 7.01. The van der Waals surface area contributed by atoms with Crippen molar-refractivity contribution < 1.29 is 9.18 Å². The predicted molar refractivity (Wildman–Crippen MR) is 143 cm³/mol. The SMILES string of the molecule is CN1CCN(c2ccc(-c3ncnc4ccc(/C=C5\SC(N6CCCC6)=NC5=O)cc34)cc2F)CC1. The Morgan fingerprint density at radius 2 is 1.75 bits per heavy atom. The van der Waals surface area contributed by atoms with Crippen molar-refractivity contribution in [2.45, 2.75) is 12.8 Å². The lowest BCUT2D eigenvalue weighted by Crippen LogP contribution is -2.44. The molecule has 0 N–H and O–H groups in total. The number of halogens is 1. The van der Waals surface area contributed by atoms with E-state index in [1.54, 1.807) is 6.07 Å². The lowest BCUT2D eigenvalue weighted by molar-refractivity contribution is -0.113. The molecule has 184 valence electrons. The Morgan fingerprint density at radius 3 is 2.53 bits per heavy atom. The summed E-state index contributed by atoms with van der Waals surface area (Å²) in [5.74, 6) is -0.449. The molecule has 7 nitrogen and oxygen atoms in total. The number of carbonyl (C=O) groups excluding carboxylic acids is 1.